The van der Waals surface area contributed by atoms with Gasteiger partial charge in [0.2, 0.25) is 0 Å². The Hall–Kier alpha value is -2.02. The van der Waals surface area contributed by atoms with E-state index in [9.17, 15) is 0 Å². The highest BCUT2D eigenvalue weighted by atomic mass is 35.5. The first-order valence-electron chi connectivity index (χ1n) is 6.16. The van der Waals surface area contributed by atoms with Crippen molar-refractivity contribution in [1.29, 1.82) is 5.26 Å². The van der Waals surface area contributed by atoms with Crippen LogP contribution in [0.1, 0.15) is 11.1 Å². The summed E-state index contributed by atoms with van der Waals surface area (Å²) in [5.41, 5.74) is 2.67. The third kappa shape index (κ3) is 2.49. The molecule has 0 saturated carbocycles. The van der Waals surface area contributed by atoms with Crippen molar-refractivity contribution < 1.29 is 0 Å². The smallest absolute Gasteiger partial charge is 0.0992 e. The molecule has 0 bridgehead atoms. The standard InChI is InChI=1S/C16H11ClN2S/c17-14-7-11(8-18)5-6-15(14)19-9-12-10-20-16-4-2-1-3-13(12)16/h1-7,10,19H,9H2. The Morgan fingerprint density at radius 3 is 2.85 bits per heavy atom. The average molecular weight is 299 g/mol. The molecular weight excluding hydrogens is 288 g/mol. The van der Waals surface area contributed by atoms with Gasteiger partial charge in [-0.25, -0.2) is 0 Å². The number of thiophene rings is 1. The Bertz CT molecular complexity index is 802. The van der Waals surface area contributed by atoms with Crippen molar-refractivity contribution >= 4 is 38.7 Å². The maximum Gasteiger partial charge on any atom is 0.0992 e. The minimum atomic E-state index is 0.571. The normalized spacial score (nSPS) is 10.4. The van der Waals surface area contributed by atoms with Gasteiger partial charge in [-0.15, -0.1) is 11.3 Å². The molecule has 0 atom stereocenters. The van der Waals surface area contributed by atoms with E-state index in [1.165, 1.54) is 15.6 Å². The Morgan fingerprint density at radius 2 is 2.05 bits per heavy atom. The van der Waals surface area contributed by atoms with E-state index in [0.29, 0.717) is 10.6 Å². The van der Waals surface area contributed by atoms with Gasteiger partial charge < -0.3 is 5.32 Å². The van der Waals surface area contributed by atoms with Crippen LogP contribution in [0.2, 0.25) is 5.02 Å². The van der Waals surface area contributed by atoms with E-state index in [-0.39, 0.29) is 0 Å². The van der Waals surface area contributed by atoms with Gasteiger partial charge in [0.05, 0.1) is 22.3 Å². The largest absolute Gasteiger partial charge is 0.380 e. The topological polar surface area (TPSA) is 35.8 Å². The number of nitriles is 1. The molecule has 1 heterocycles. The quantitative estimate of drug-likeness (QED) is 0.735. The monoisotopic (exact) mass is 298 g/mol. The first kappa shape index (κ1) is 13.0. The summed E-state index contributed by atoms with van der Waals surface area (Å²) >= 11 is 7.90. The van der Waals surface area contributed by atoms with Crippen molar-refractivity contribution in [2.24, 2.45) is 0 Å². The molecule has 4 heteroatoms. The number of nitrogens with one attached hydrogen (secondary N) is 1. The van der Waals surface area contributed by atoms with E-state index in [0.717, 1.165) is 12.2 Å². The molecule has 0 aliphatic carbocycles. The summed E-state index contributed by atoms with van der Waals surface area (Å²) < 4.78 is 1.29. The van der Waals surface area contributed by atoms with Crippen LogP contribution in [0.3, 0.4) is 0 Å². The minimum absolute atomic E-state index is 0.571. The summed E-state index contributed by atoms with van der Waals surface area (Å²) in [6.45, 7) is 0.718. The number of hydrogen-bond acceptors (Lipinski definition) is 3. The maximum absolute atomic E-state index is 8.82. The van der Waals surface area contributed by atoms with Crippen LogP contribution in [-0.2, 0) is 6.54 Å². The average Bonchev–Trinajstić information content (AvgIpc) is 2.89. The van der Waals surface area contributed by atoms with Crippen molar-refractivity contribution in [3.05, 3.63) is 64.0 Å². The Kier molecular flexibility index (Phi) is 3.60. The molecule has 0 aliphatic rings. The number of rotatable bonds is 3. The Balaban J connectivity index is 1.81. The molecule has 98 valence electrons. The molecule has 0 aliphatic heterocycles. The molecule has 0 radical (unpaired) electrons. The molecule has 2 aromatic carbocycles. The van der Waals surface area contributed by atoms with Gasteiger partial charge in [0.15, 0.2) is 0 Å². The van der Waals surface area contributed by atoms with Crippen LogP contribution in [0.15, 0.2) is 47.8 Å². The lowest BCUT2D eigenvalue weighted by Gasteiger charge is -2.08. The van der Waals surface area contributed by atoms with Crippen LogP contribution in [-0.4, -0.2) is 0 Å². The van der Waals surface area contributed by atoms with E-state index in [2.05, 4.69) is 28.9 Å². The van der Waals surface area contributed by atoms with Crippen molar-refractivity contribution in [3.63, 3.8) is 0 Å². The summed E-state index contributed by atoms with van der Waals surface area (Å²) in [5, 5.41) is 16.2. The second-order valence-corrected chi connectivity index (χ2v) is 5.74. The number of fused-ring (bicyclic) bond motifs is 1. The Labute approximate surface area is 126 Å². The lowest BCUT2D eigenvalue weighted by Crippen LogP contribution is -1.99. The van der Waals surface area contributed by atoms with Crippen LogP contribution in [0.5, 0.6) is 0 Å². The number of halogens is 1. The molecule has 0 saturated heterocycles. The fraction of sp³-hybridized carbons (Fsp3) is 0.0625. The lowest BCUT2D eigenvalue weighted by atomic mass is 10.1. The molecule has 2 nitrogen and oxygen atoms in total. The molecule has 0 fully saturated rings. The summed E-state index contributed by atoms with van der Waals surface area (Å²) in [5.74, 6) is 0. The molecule has 1 aromatic heterocycles. The van der Waals surface area contributed by atoms with Gasteiger partial charge in [0.1, 0.15) is 0 Å². The van der Waals surface area contributed by atoms with E-state index in [1.54, 1.807) is 23.5 Å². The highest BCUT2D eigenvalue weighted by molar-refractivity contribution is 7.17. The predicted octanol–water partition coefficient (Wildman–Crippen LogP) is 5.04. The summed E-state index contributed by atoms with van der Waals surface area (Å²) in [4.78, 5) is 0. The molecule has 0 spiro atoms. The van der Waals surface area contributed by atoms with Crippen molar-refractivity contribution in [2.45, 2.75) is 6.54 Å². The van der Waals surface area contributed by atoms with Gasteiger partial charge >= 0.3 is 0 Å². The summed E-state index contributed by atoms with van der Waals surface area (Å²) in [6, 6.07) is 15.7. The third-order valence-corrected chi connectivity index (χ3v) is 4.45. The zero-order chi connectivity index (χ0) is 13.9. The van der Waals surface area contributed by atoms with E-state index >= 15 is 0 Å². The number of nitrogens with zero attached hydrogens (tertiary/aromatic N) is 1. The number of hydrogen-bond donors (Lipinski definition) is 1. The molecule has 3 rings (SSSR count). The highest BCUT2D eigenvalue weighted by Gasteiger charge is 2.05. The number of anilines is 1. The summed E-state index contributed by atoms with van der Waals surface area (Å²) in [6.07, 6.45) is 0. The second-order valence-electron chi connectivity index (χ2n) is 4.42. The van der Waals surface area contributed by atoms with Crippen molar-refractivity contribution in [1.82, 2.24) is 0 Å². The molecular formula is C16H11ClN2S. The van der Waals surface area contributed by atoms with Gasteiger partial charge in [0.25, 0.3) is 0 Å². The van der Waals surface area contributed by atoms with Crippen LogP contribution >= 0.6 is 22.9 Å². The minimum Gasteiger partial charge on any atom is -0.380 e. The fourth-order valence-corrected chi connectivity index (χ4v) is 3.30. The number of benzene rings is 2. The first-order chi connectivity index (χ1) is 9.78. The van der Waals surface area contributed by atoms with Gasteiger partial charge in [-0.05, 0) is 40.6 Å². The molecule has 20 heavy (non-hydrogen) atoms. The third-order valence-electron chi connectivity index (χ3n) is 3.13. The predicted molar refractivity (Wildman–Crippen MR) is 85.3 cm³/mol. The molecule has 0 unspecified atom stereocenters. The van der Waals surface area contributed by atoms with Gasteiger partial charge in [-0.3, -0.25) is 0 Å². The summed E-state index contributed by atoms with van der Waals surface area (Å²) in [7, 11) is 0. The maximum atomic E-state index is 8.82. The zero-order valence-corrected chi connectivity index (χ0v) is 12.1. The lowest BCUT2D eigenvalue weighted by molar-refractivity contribution is 1.18. The fourth-order valence-electron chi connectivity index (χ4n) is 2.09. The molecule has 1 N–H and O–H groups in total. The second kappa shape index (κ2) is 5.54. The van der Waals surface area contributed by atoms with Gasteiger partial charge in [0, 0.05) is 11.2 Å². The van der Waals surface area contributed by atoms with Crippen LogP contribution in [0, 0.1) is 11.3 Å². The SMILES string of the molecule is N#Cc1ccc(NCc2csc3ccccc23)c(Cl)c1. The van der Waals surface area contributed by atoms with E-state index in [1.807, 2.05) is 18.2 Å². The van der Waals surface area contributed by atoms with Gasteiger partial charge in [-0.2, -0.15) is 5.26 Å². The molecule has 0 amide bonds. The van der Waals surface area contributed by atoms with Crippen molar-refractivity contribution in [3.8, 4) is 6.07 Å². The zero-order valence-electron chi connectivity index (χ0n) is 10.6. The van der Waals surface area contributed by atoms with Crippen molar-refractivity contribution in [2.75, 3.05) is 5.32 Å². The van der Waals surface area contributed by atoms with E-state index in [4.69, 9.17) is 16.9 Å². The van der Waals surface area contributed by atoms with Gasteiger partial charge in [-0.1, -0.05) is 29.8 Å². The van der Waals surface area contributed by atoms with Crippen LogP contribution in [0.25, 0.3) is 10.1 Å². The molecule has 3 aromatic rings. The van der Waals surface area contributed by atoms with E-state index < -0.39 is 0 Å². The highest BCUT2D eigenvalue weighted by Crippen LogP contribution is 2.28. The Morgan fingerprint density at radius 1 is 1.20 bits per heavy atom. The van der Waals surface area contributed by atoms with Crippen LogP contribution < -0.4 is 5.32 Å². The van der Waals surface area contributed by atoms with Crippen LogP contribution in [0.4, 0.5) is 5.69 Å². The first-order valence-corrected chi connectivity index (χ1v) is 7.42.